The molecule has 0 spiro atoms. The summed E-state index contributed by atoms with van der Waals surface area (Å²) in [5, 5.41) is 0. The van der Waals surface area contributed by atoms with E-state index in [2.05, 4.69) is 26.8 Å². The molecule has 2 rings (SSSR count). The molecule has 0 aliphatic carbocycles. The van der Waals surface area contributed by atoms with Crippen LogP contribution in [0.3, 0.4) is 0 Å². The molecule has 0 aromatic heterocycles. The van der Waals surface area contributed by atoms with Crippen molar-refractivity contribution < 1.29 is 23.8 Å². The maximum atomic E-state index is 12.3. The molecule has 0 fully saturated rings. The molecular formula is C17H17BrN2O5. The van der Waals surface area contributed by atoms with Gasteiger partial charge in [-0.05, 0) is 36.4 Å². The van der Waals surface area contributed by atoms with Gasteiger partial charge in [0.15, 0.2) is 11.5 Å². The van der Waals surface area contributed by atoms with Crippen LogP contribution in [0.25, 0.3) is 0 Å². The second kappa shape index (κ2) is 8.39. The molecule has 7 nitrogen and oxygen atoms in total. The van der Waals surface area contributed by atoms with Crippen LogP contribution in [0.2, 0.25) is 0 Å². The molecule has 0 bridgehead atoms. The van der Waals surface area contributed by atoms with E-state index in [1.165, 1.54) is 33.5 Å². The van der Waals surface area contributed by atoms with Crippen LogP contribution >= 0.6 is 15.9 Å². The van der Waals surface area contributed by atoms with Crippen molar-refractivity contribution in [2.24, 2.45) is 0 Å². The van der Waals surface area contributed by atoms with Crippen molar-refractivity contribution in [1.82, 2.24) is 10.9 Å². The molecule has 2 amide bonds. The fraction of sp³-hybridized carbons (Fsp3) is 0.176. The third kappa shape index (κ3) is 4.42. The van der Waals surface area contributed by atoms with Gasteiger partial charge in [-0.3, -0.25) is 20.4 Å². The number of hydrogen-bond acceptors (Lipinski definition) is 5. The van der Waals surface area contributed by atoms with Gasteiger partial charge in [-0.25, -0.2) is 0 Å². The first-order valence-corrected chi connectivity index (χ1v) is 7.95. The van der Waals surface area contributed by atoms with E-state index in [-0.39, 0.29) is 5.56 Å². The maximum absolute atomic E-state index is 12.3. The standard InChI is InChI=1S/C17H17BrN2O5/c1-23-13-8-11(9-14(24-2)15(13)25-3)17(22)20-19-16(21)10-4-6-12(18)7-5-10/h4-9H,1-3H3,(H,19,21)(H,20,22). The molecule has 0 saturated carbocycles. The number of carbonyl (C=O) groups excluding carboxylic acids is 2. The summed E-state index contributed by atoms with van der Waals surface area (Å²) in [4.78, 5) is 24.3. The van der Waals surface area contributed by atoms with Gasteiger partial charge in [0.25, 0.3) is 11.8 Å². The normalized spacial score (nSPS) is 9.92. The third-order valence-corrected chi connectivity index (χ3v) is 3.85. The van der Waals surface area contributed by atoms with Crippen molar-refractivity contribution in [1.29, 1.82) is 0 Å². The molecule has 0 saturated heterocycles. The van der Waals surface area contributed by atoms with E-state index in [0.29, 0.717) is 22.8 Å². The van der Waals surface area contributed by atoms with Crippen LogP contribution in [0.15, 0.2) is 40.9 Å². The zero-order chi connectivity index (χ0) is 18.4. The lowest BCUT2D eigenvalue weighted by Gasteiger charge is -2.14. The number of rotatable bonds is 5. The highest BCUT2D eigenvalue weighted by atomic mass is 79.9. The smallest absolute Gasteiger partial charge is 0.269 e. The summed E-state index contributed by atoms with van der Waals surface area (Å²) in [5.74, 6) is 0.0935. The summed E-state index contributed by atoms with van der Waals surface area (Å²) < 4.78 is 16.5. The highest BCUT2D eigenvalue weighted by Crippen LogP contribution is 2.38. The lowest BCUT2D eigenvalue weighted by atomic mass is 10.1. The molecule has 132 valence electrons. The summed E-state index contributed by atoms with van der Waals surface area (Å²) in [5.41, 5.74) is 5.36. The Kier molecular flexibility index (Phi) is 6.24. The Labute approximate surface area is 153 Å². The largest absolute Gasteiger partial charge is 0.493 e. The van der Waals surface area contributed by atoms with Crippen LogP contribution in [-0.4, -0.2) is 33.1 Å². The number of carbonyl (C=O) groups is 2. The molecular weight excluding hydrogens is 392 g/mol. The Morgan fingerprint density at radius 2 is 1.28 bits per heavy atom. The van der Waals surface area contributed by atoms with Gasteiger partial charge in [-0.15, -0.1) is 0 Å². The zero-order valence-electron chi connectivity index (χ0n) is 13.9. The van der Waals surface area contributed by atoms with Crippen molar-refractivity contribution in [3.8, 4) is 17.2 Å². The van der Waals surface area contributed by atoms with Crippen molar-refractivity contribution in [3.63, 3.8) is 0 Å². The van der Waals surface area contributed by atoms with Gasteiger partial charge < -0.3 is 14.2 Å². The number of benzene rings is 2. The first-order chi connectivity index (χ1) is 12.0. The van der Waals surface area contributed by atoms with E-state index < -0.39 is 11.8 Å². The van der Waals surface area contributed by atoms with Gasteiger partial charge in [0.1, 0.15) is 0 Å². The Hall–Kier alpha value is -2.74. The van der Waals surface area contributed by atoms with Crippen molar-refractivity contribution in [2.75, 3.05) is 21.3 Å². The molecule has 0 aliphatic heterocycles. The first kappa shape index (κ1) is 18.6. The fourth-order valence-corrected chi connectivity index (χ4v) is 2.34. The first-order valence-electron chi connectivity index (χ1n) is 7.16. The fourth-order valence-electron chi connectivity index (χ4n) is 2.07. The van der Waals surface area contributed by atoms with E-state index in [0.717, 1.165) is 4.47 Å². The highest BCUT2D eigenvalue weighted by molar-refractivity contribution is 9.10. The summed E-state index contributed by atoms with van der Waals surface area (Å²) in [6.07, 6.45) is 0. The number of halogens is 1. The lowest BCUT2D eigenvalue weighted by Crippen LogP contribution is -2.41. The van der Waals surface area contributed by atoms with E-state index >= 15 is 0 Å². The van der Waals surface area contributed by atoms with E-state index in [1.807, 2.05) is 0 Å². The molecule has 25 heavy (non-hydrogen) atoms. The van der Waals surface area contributed by atoms with Crippen molar-refractivity contribution in [2.45, 2.75) is 0 Å². The third-order valence-electron chi connectivity index (χ3n) is 3.32. The molecule has 0 atom stereocenters. The number of ether oxygens (including phenoxy) is 3. The topological polar surface area (TPSA) is 85.9 Å². The second-order valence-corrected chi connectivity index (χ2v) is 5.74. The minimum Gasteiger partial charge on any atom is -0.493 e. The van der Waals surface area contributed by atoms with Gasteiger partial charge in [-0.1, -0.05) is 15.9 Å². The summed E-state index contributed by atoms with van der Waals surface area (Å²) in [6.45, 7) is 0. The maximum Gasteiger partial charge on any atom is 0.269 e. The van der Waals surface area contributed by atoms with Crippen molar-refractivity contribution in [3.05, 3.63) is 52.0 Å². The number of hydrazine groups is 1. The molecule has 0 heterocycles. The number of amides is 2. The SMILES string of the molecule is COc1cc(C(=O)NNC(=O)c2ccc(Br)cc2)cc(OC)c1OC. The molecule has 0 aliphatic rings. The van der Waals surface area contributed by atoms with E-state index in [9.17, 15) is 9.59 Å². The van der Waals surface area contributed by atoms with Gasteiger partial charge in [-0.2, -0.15) is 0 Å². The predicted octanol–water partition coefficient (Wildman–Crippen LogP) is 2.55. The lowest BCUT2D eigenvalue weighted by molar-refractivity contribution is 0.0846. The molecule has 8 heteroatoms. The Morgan fingerprint density at radius 3 is 1.72 bits per heavy atom. The number of methoxy groups -OCH3 is 3. The monoisotopic (exact) mass is 408 g/mol. The van der Waals surface area contributed by atoms with E-state index in [1.54, 1.807) is 24.3 Å². The Morgan fingerprint density at radius 1 is 0.800 bits per heavy atom. The number of nitrogens with one attached hydrogen (secondary N) is 2. The van der Waals surface area contributed by atoms with Gasteiger partial charge >= 0.3 is 0 Å². The number of hydrogen-bond donors (Lipinski definition) is 2. The van der Waals surface area contributed by atoms with E-state index in [4.69, 9.17) is 14.2 Å². The summed E-state index contributed by atoms with van der Waals surface area (Å²) in [6, 6.07) is 9.70. The predicted molar refractivity (Wildman–Crippen MR) is 95.2 cm³/mol. The van der Waals surface area contributed by atoms with Crippen LogP contribution in [0.4, 0.5) is 0 Å². The van der Waals surface area contributed by atoms with Crippen LogP contribution in [0.1, 0.15) is 20.7 Å². The van der Waals surface area contributed by atoms with Gasteiger partial charge in [0.05, 0.1) is 21.3 Å². The molecule has 2 aromatic carbocycles. The highest BCUT2D eigenvalue weighted by Gasteiger charge is 2.17. The minimum absolute atomic E-state index is 0.241. The molecule has 0 unspecified atom stereocenters. The Bertz CT molecular complexity index is 752. The average molecular weight is 409 g/mol. The van der Waals surface area contributed by atoms with Crippen LogP contribution < -0.4 is 25.1 Å². The van der Waals surface area contributed by atoms with Gasteiger partial charge in [0.2, 0.25) is 5.75 Å². The van der Waals surface area contributed by atoms with Crippen LogP contribution in [-0.2, 0) is 0 Å². The average Bonchev–Trinajstić information content (AvgIpc) is 2.64. The quantitative estimate of drug-likeness (QED) is 0.742. The zero-order valence-corrected chi connectivity index (χ0v) is 15.5. The molecule has 0 radical (unpaired) electrons. The molecule has 2 aromatic rings. The minimum atomic E-state index is -0.523. The van der Waals surface area contributed by atoms with Crippen LogP contribution in [0, 0.1) is 0 Å². The van der Waals surface area contributed by atoms with Gasteiger partial charge in [0, 0.05) is 15.6 Å². The second-order valence-electron chi connectivity index (χ2n) is 4.83. The van der Waals surface area contributed by atoms with Crippen LogP contribution in [0.5, 0.6) is 17.2 Å². The molecule has 2 N–H and O–H groups in total. The Balaban J connectivity index is 2.12. The van der Waals surface area contributed by atoms with Crippen molar-refractivity contribution >= 4 is 27.7 Å². The summed E-state index contributed by atoms with van der Waals surface area (Å²) in [7, 11) is 4.38. The summed E-state index contributed by atoms with van der Waals surface area (Å²) >= 11 is 3.29.